The van der Waals surface area contributed by atoms with E-state index in [2.05, 4.69) is 15.9 Å². The molecule has 1 rings (SSSR count). The van der Waals surface area contributed by atoms with Gasteiger partial charge in [0.05, 0.1) is 10.6 Å². The van der Waals surface area contributed by atoms with Gasteiger partial charge in [-0.2, -0.15) is 4.31 Å². The molecule has 8 heteroatoms. The highest BCUT2D eigenvalue weighted by Gasteiger charge is 2.23. The summed E-state index contributed by atoms with van der Waals surface area (Å²) in [4.78, 5) is 0.179. The van der Waals surface area contributed by atoms with Crippen molar-refractivity contribution in [3.63, 3.8) is 0 Å². The minimum atomic E-state index is -3.68. The molecule has 0 aliphatic heterocycles. The van der Waals surface area contributed by atoms with E-state index in [0.717, 1.165) is 10.6 Å². The molecular formula is C11H16BrNO4S2. The molecule has 0 saturated heterocycles. The molecule has 0 N–H and O–H groups in total. The largest absolute Gasteiger partial charge is 0.243 e. The molecule has 0 aliphatic rings. The van der Waals surface area contributed by atoms with Crippen molar-refractivity contribution in [1.29, 1.82) is 0 Å². The molecule has 0 fully saturated rings. The fourth-order valence-corrected chi connectivity index (χ4v) is 4.09. The average Bonchev–Trinajstić information content (AvgIpc) is 2.28. The van der Waals surface area contributed by atoms with E-state index in [0.29, 0.717) is 10.0 Å². The van der Waals surface area contributed by atoms with Gasteiger partial charge in [-0.05, 0) is 24.6 Å². The van der Waals surface area contributed by atoms with Crippen molar-refractivity contribution < 1.29 is 16.8 Å². The highest BCUT2D eigenvalue weighted by Crippen LogP contribution is 2.23. The summed E-state index contributed by atoms with van der Waals surface area (Å²) in [6.45, 7) is 1.64. The molecule has 0 amide bonds. The highest BCUT2D eigenvalue weighted by atomic mass is 79.9. The Morgan fingerprint density at radius 3 is 2.32 bits per heavy atom. The zero-order chi connectivity index (χ0) is 14.8. The molecule has 0 spiro atoms. The molecule has 0 aromatic heterocycles. The van der Waals surface area contributed by atoms with Gasteiger partial charge in [-0.15, -0.1) is 0 Å². The highest BCUT2D eigenvalue weighted by molar-refractivity contribution is 9.10. The second-order valence-corrected chi connectivity index (χ2v) is 9.56. The van der Waals surface area contributed by atoms with Crippen LogP contribution in [0.2, 0.25) is 0 Å². The summed E-state index contributed by atoms with van der Waals surface area (Å²) in [6, 6.07) is 4.97. The Kier molecular flexibility index (Phi) is 5.16. The quantitative estimate of drug-likeness (QED) is 0.786. The van der Waals surface area contributed by atoms with E-state index < -0.39 is 19.9 Å². The third-order valence-corrected chi connectivity index (χ3v) is 6.03. The molecule has 108 valence electrons. The van der Waals surface area contributed by atoms with Gasteiger partial charge in [-0.3, -0.25) is 0 Å². The molecule has 19 heavy (non-hydrogen) atoms. The van der Waals surface area contributed by atoms with Crippen LogP contribution in [-0.4, -0.2) is 46.7 Å². The molecule has 1 aromatic rings. The van der Waals surface area contributed by atoms with Crippen molar-refractivity contribution in [3.8, 4) is 0 Å². The lowest BCUT2D eigenvalue weighted by Gasteiger charge is -2.18. The number of hydrogen-bond donors (Lipinski definition) is 0. The van der Waals surface area contributed by atoms with Crippen LogP contribution in [0.5, 0.6) is 0 Å². The van der Waals surface area contributed by atoms with Crippen LogP contribution >= 0.6 is 15.9 Å². The van der Waals surface area contributed by atoms with E-state index in [1.165, 1.54) is 13.1 Å². The molecule has 5 nitrogen and oxygen atoms in total. The Morgan fingerprint density at radius 1 is 1.21 bits per heavy atom. The molecule has 0 atom stereocenters. The number of nitrogens with zero attached hydrogens (tertiary/aromatic N) is 1. The van der Waals surface area contributed by atoms with E-state index >= 15 is 0 Å². The van der Waals surface area contributed by atoms with Gasteiger partial charge in [-0.1, -0.05) is 22.0 Å². The molecular weight excluding hydrogens is 354 g/mol. The van der Waals surface area contributed by atoms with Crippen molar-refractivity contribution >= 4 is 35.8 Å². The Hall–Kier alpha value is -0.440. The van der Waals surface area contributed by atoms with Crippen LogP contribution < -0.4 is 0 Å². The zero-order valence-electron chi connectivity index (χ0n) is 10.9. The van der Waals surface area contributed by atoms with Crippen LogP contribution in [0.4, 0.5) is 0 Å². The third kappa shape index (κ3) is 4.55. The monoisotopic (exact) mass is 369 g/mol. The van der Waals surface area contributed by atoms with Crippen molar-refractivity contribution in [1.82, 2.24) is 4.31 Å². The van der Waals surface area contributed by atoms with Crippen molar-refractivity contribution in [2.24, 2.45) is 0 Å². The van der Waals surface area contributed by atoms with Gasteiger partial charge < -0.3 is 0 Å². The first-order valence-corrected chi connectivity index (χ1v) is 9.73. The molecule has 0 unspecified atom stereocenters. The number of aryl methyl sites for hydroxylation is 1. The van der Waals surface area contributed by atoms with Gasteiger partial charge in [-0.25, -0.2) is 16.8 Å². The van der Waals surface area contributed by atoms with E-state index in [9.17, 15) is 16.8 Å². The summed E-state index contributed by atoms with van der Waals surface area (Å²) in [5.41, 5.74) is 0.620. The van der Waals surface area contributed by atoms with Gasteiger partial charge in [0.15, 0.2) is 0 Å². The number of benzene rings is 1. The third-order valence-electron chi connectivity index (χ3n) is 2.62. The molecule has 1 aromatic carbocycles. The van der Waals surface area contributed by atoms with Crippen LogP contribution in [0, 0.1) is 6.92 Å². The SMILES string of the molecule is Cc1ccc(Br)cc1S(=O)(=O)N(C)CCS(C)(=O)=O. The fraction of sp³-hybridized carbons (Fsp3) is 0.455. The van der Waals surface area contributed by atoms with Crippen LogP contribution in [0.25, 0.3) is 0 Å². The number of rotatable bonds is 5. The summed E-state index contributed by atoms with van der Waals surface area (Å²) < 4.78 is 48.6. The van der Waals surface area contributed by atoms with Crippen LogP contribution in [0.15, 0.2) is 27.6 Å². The Bertz CT molecular complexity index is 668. The fourth-order valence-electron chi connectivity index (χ4n) is 1.43. The molecule has 0 heterocycles. The lowest BCUT2D eigenvalue weighted by molar-refractivity contribution is 0.484. The van der Waals surface area contributed by atoms with Crippen molar-refractivity contribution in [2.75, 3.05) is 25.6 Å². The van der Waals surface area contributed by atoms with Crippen LogP contribution in [-0.2, 0) is 19.9 Å². The molecule has 0 saturated carbocycles. The number of halogens is 1. The Labute approximate surface area is 122 Å². The first-order chi connectivity index (χ1) is 8.54. The second-order valence-electron chi connectivity index (χ2n) is 4.37. The summed E-state index contributed by atoms with van der Waals surface area (Å²) in [6.07, 6.45) is 1.08. The minimum absolute atomic E-state index is 0.0624. The van der Waals surface area contributed by atoms with E-state index in [-0.39, 0.29) is 17.2 Å². The molecule has 0 radical (unpaired) electrons. The van der Waals surface area contributed by atoms with Gasteiger partial charge in [0, 0.05) is 24.3 Å². The van der Waals surface area contributed by atoms with Gasteiger partial charge in [0.25, 0.3) is 0 Å². The summed E-state index contributed by atoms with van der Waals surface area (Å²) in [5, 5.41) is 0. The number of sulfone groups is 1. The maximum atomic E-state index is 12.3. The van der Waals surface area contributed by atoms with Crippen LogP contribution in [0.3, 0.4) is 0 Å². The minimum Gasteiger partial charge on any atom is -0.229 e. The lowest BCUT2D eigenvalue weighted by atomic mass is 10.2. The molecule has 0 bridgehead atoms. The number of sulfonamides is 1. The van der Waals surface area contributed by atoms with E-state index in [1.807, 2.05) is 0 Å². The predicted molar refractivity (Wildman–Crippen MR) is 78.4 cm³/mol. The van der Waals surface area contributed by atoms with Crippen molar-refractivity contribution in [3.05, 3.63) is 28.2 Å². The topological polar surface area (TPSA) is 71.5 Å². The summed E-state index contributed by atoms with van der Waals surface area (Å²) in [7, 11) is -5.50. The number of hydrogen-bond acceptors (Lipinski definition) is 4. The molecule has 0 aliphatic carbocycles. The first-order valence-electron chi connectivity index (χ1n) is 5.44. The average molecular weight is 370 g/mol. The second kappa shape index (κ2) is 5.90. The van der Waals surface area contributed by atoms with Gasteiger partial charge in [0.2, 0.25) is 10.0 Å². The van der Waals surface area contributed by atoms with Crippen LogP contribution in [0.1, 0.15) is 5.56 Å². The zero-order valence-corrected chi connectivity index (χ0v) is 14.1. The van der Waals surface area contributed by atoms with Gasteiger partial charge >= 0.3 is 0 Å². The summed E-state index contributed by atoms with van der Waals surface area (Å²) in [5.74, 6) is -0.199. The standard InChI is InChI=1S/C11H16BrNO4S2/c1-9-4-5-10(12)8-11(9)19(16,17)13(2)6-7-18(3,14)15/h4-5,8H,6-7H2,1-3H3. The maximum absolute atomic E-state index is 12.3. The smallest absolute Gasteiger partial charge is 0.229 e. The normalized spacial score (nSPS) is 12.9. The van der Waals surface area contributed by atoms with E-state index in [4.69, 9.17) is 0 Å². The van der Waals surface area contributed by atoms with E-state index in [1.54, 1.807) is 19.1 Å². The summed E-state index contributed by atoms with van der Waals surface area (Å²) >= 11 is 3.23. The Balaban J connectivity index is 3.07. The maximum Gasteiger partial charge on any atom is 0.243 e. The lowest BCUT2D eigenvalue weighted by Crippen LogP contribution is -2.31. The predicted octanol–water partition coefficient (Wildman–Crippen LogP) is 1.42. The Morgan fingerprint density at radius 2 is 1.79 bits per heavy atom. The van der Waals surface area contributed by atoms with Crippen molar-refractivity contribution in [2.45, 2.75) is 11.8 Å². The first kappa shape index (κ1) is 16.6. The van der Waals surface area contributed by atoms with Gasteiger partial charge in [0.1, 0.15) is 9.84 Å².